The number of nitrogens with zero attached hydrogens (tertiary/aromatic N) is 1. The molecule has 9 nitrogen and oxygen atoms in total. The van der Waals surface area contributed by atoms with Crippen LogP contribution in [0.3, 0.4) is 0 Å². The molecular formula is C29H27N3O6S. The topological polar surface area (TPSA) is 114 Å². The van der Waals surface area contributed by atoms with Crippen LogP contribution in [0.1, 0.15) is 16.7 Å². The highest BCUT2D eigenvalue weighted by Gasteiger charge is 2.36. The highest BCUT2D eigenvalue weighted by Crippen LogP contribution is 2.32. The third kappa shape index (κ3) is 7.26. The maximum atomic E-state index is 12.8. The van der Waals surface area contributed by atoms with Gasteiger partial charge in [-0.05, 0) is 96.9 Å². The van der Waals surface area contributed by atoms with Crippen molar-refractivity contribution in [1.29, 1.82) is 0 Å². The van der Waals surface area contributed by atoms with Crippen LogP contribution in [0.25, 0.3) is 6.08 Å². The van der Waals surface area contributed by atoms with Crippen molar-refractivity contribution in [2.75, 3.05) is 30.9 Å². The summed E-state index contributed by atoms with van der Waals surface area (Å²) in [6.45, 7) is 3.36. The Morgan fingerprint density at radius 2 is 1.59 bits per heavy atom. The number of thioether (sulfide) groups is 1. The maximum absolute atomic E-state index is 12.8. The minimum absolute atomic E-state index is 0.182. The van der Waals surface area contributed by atoms with E-state index in [9.17, 15) is 19.2 Å². The molecule has 39 heavy (non-hydrogen) atoms. The normalized spacial score (nSPS) is 13.9. The molecule has 1 heterocycles. The van der Waals surface area contributed by atoms with Crippen molar-refractivity contribution in [3.05, 3.63) is 88.3 Å². The Morgan fingerprint density at radius 3 is 2.31 bits per heavy atom. The standard InChI is InChI=1S/C29H27N3O6S/c1-18-7-8-22(13-19(18)2)31-27(34)17-38-24-6-4-5-20(14-24)15-25-28(35)32(29(36)39-25)16-26(33)30-21-9-11-23(37-3)12-10-21/h4-15H,16-17H2,1-3H3,(H,30,33)(H,31,34)/b25-15-. The third-order valence-electron chi connectivity index (χ3n) is 5.87. The largest absolute Gasteiger partial charge is 0.497 e. The van der Waals surface area contributed by atoms with Crippen molar-refractivity contribution < 1.29 is 28.7 Å². The number of amides is 4. The molecule has 0 atom stereocenters. The van der Waals surface area contributed by atoms with Crippen LogP contribution in [0.2, 0.25) is 0 Å². The number of aryl methyl sites for hydroxylation is 2. The first-order chi connectivity index (χ1) is 18.7. The number of anilines is 2. The summed E-state index contributed by atoms with van der Waals surface area (Å²) < 4.78 is 10.7. The average Bonchev–Trinajstić information content (AvgIpc) is 3.17. The fraction of sp³-hybridized carbons (Fsp3) is 0.172. The molecule has 1 saturated heterocycles. The highest BCUT2D eigenvalue weighted by molar-refractivity contribution is 8.18. The molecule has 1 fully saturated rings. The number of rotatable bonds is 9. The Morgan fingerprint density at radius 1 is 0.872 bits per heavy atom. The van der Waals surface area contributed by atoms with E-state index in [-0.39, 0.29) is 17.4 Å². The maximum Gasteiger partial charge on any atom is 0.294 e. The van der Waals surface area contributed by atoms with Crippen LogP contribution >= 0.6 is 11.8 Å². The Hall–Kier alpha value is -4.57. The van der Waals surface area contributed by atoms with Gasteiger partial charge < -0.3 is 20.1 Å². The van der Waals surface area contributed by atoms with Gasteiger partial charge in [0, 0.05) is 11.4 Å². The van der Waals surface area contributed by atoms with Crippen LogP contribution in [-0.4, -0.2) is 48.1 Å². The van der Waals surface area contributed by atoms with E-state index in [0.717, 1.165) is 27.8 Å². The van der Waals surface area contributed by atoms with Gasteiger partial charge in [-0.3, -0.25) is 24.1 Å². The van der Waals surface area contributed by atoms with E-state index in [4.69, 9.17) is 9.47 Å². The first-order valence-electron chi connectivity index (χ1n) is 12.0. The summed E-state index contributed by atoms with van der Waals surface area (Å²) in [6.07, 6.45) is 1.55. The Bertz CT molecular complexity index is 1450. The molecule has 1 aliphatic rings. The first kappa shape index (κ1) is 27.5. The molecule has 0 saturated carbocycles. The number of ether oxygens (including phenoxy) is 2. The fourth-order valence-corrected chi connectivity index (χ4v) is 4.50. The van der Waals surface area contributed by atoms with E-state index < -0.39 is 23.6 Å². The third-order valence-corrected chi connectivity index (χ3v) is 6.77. The van der Waals surface area contributed by atoms with E-state index >= 15 is 0 Å². The second kappa shape index (κ2) is 12.3. The molecule has 0 aromatic heterocycles. The molecule has 3 aromatic carbocycles. The number of methoxy groups -OCH3 is 1. The summed E-state index contributed by atoms with van der Waals surface area (Å²) in [5, 5.41) is 4.92. The Kier molecular flexibility index (Phi) is 8.67. The lowest BCUT2D eigenvalue weighted by Gasteiger charge is -2.12. The van der Waals surface area contributed by atoms with Gasteiger partial charge in [-0.2, -0.15) is 0 Å². The molecule has 3 aromatic rings. The van der Waals surface area contributed by atoms with Gasteiger partial charge in [-0.1, -0.05) is 18.2 Å². The van der Waals surface area contributed by atoms with Gasteiger partial charge in [0.2, 0.25) is 5.91 Å². The van der Waals surface area contributed by atoms with Crippen LogP contribution in [0, 0.1) is 13.8 Å². The quantitative estimate of drug-likeness (QED) is 0.364. The number of nitrogens with one attached hydrogen (secondary N) is 2. The number of carbonyl (C=O) groups excluding carboxylic acids is 4. The highest BCUT2D eigenvalue weighted by atomic mass is 32.2. The van der Waals surface area contributed by atoms with Crippen molar-refractivity contribution in [1.82, 2.24) is 4.90 Å². The van der Waals surface area contributed by atoms with E-state index in [2.05, 4.69) is 10.6 Å². The van der Waals surface area contributed by atoms with Gasteiger partial charge in [-0.15, -0.1) is 0 Å². The predicted molar refractivity (Wildman–Crippen MR) is 151 cm³/mol. The SMILES string of the molecule is COc1ccc(NC(=O)CN2C(=O)S/C(=C\c3cccc(OCC(=O)Nc4ccc(C)c(C)c4)c3)C2=O)cc1. The summed E-state index contributed by atoms with van der Waals surface area (Å²) in [7, 11) is 1.54. The number of hydrogen-bond acceptors (Lipinski definition) is 7. The molecule has 4 rings (SSSR count). The van der Waals surface area contributed by atoms with E-state index in [0.29, 0.717) is 28.4 Å². The summed E-state index contributed by atoms with van der Waals surface area (Å²) >= 11 is 0.754. The van der Waals surface area contributed by atoms with Gasteiger partial charge >= 0.3 is 0 Å². The summed E-state index contributed by atoms with van der Waals surface area (Å²) in [5.41, 5.74) is 4.02. The number of imide groups is 1. The molecule has 10 heteroatoms. The minimum Gasteiger partial charge on any atom is -0.497 e. The molecule has 0 spiro atoms. The summed E-state index contributed by atoms with van der Waals surface area (Å²) in [5.74, 6) is -0.305. The van der Waals surface area contributed by atoms with Crippen LogP contribution in [0.5, 0.6) is 11.5 Å². The zero-order valence-electron chi connectivity index (χ0n) is 21.6. The van der Waals surface area contributed by atoms with Crippen LogP contribution < -0.4 is 20.1 Å². The second-order valence-corrected chi connectivity index (χ2v) is 9.75. The smallest absolute Gasteiger partial charge is 0.294 e. The zero-order valence-corrected chi connectivity index (χ0v) is 22.5. The van der Waals surface area contributed by atoms with Gasteiger partial charge in [-0.25, -0.2) is 0 Å². The molecule has 0 bridgehead atoms. The van der Waals surface area contributed by atoms with Crippen molar-refractivity contribution in [3.8, 4) is 11.5 Å². The Labute approximate surface area is 230 Å². The summed E-state index contributed by atoms with van der Waals surface area (Å²) in [4.78, 5) is 51.1. The van der Waals surface area contributed by atoms with Crippen LogP contribution in [0.4, 0.5) is 16.2 Å². The lowest BCUT2D eigenvalue weighted by molar-refractivity contribution is -0.127. The molecule has 0 unspecified atom stereocenters. The second-order valence-electron chi connectivity index (χ2n) is 8.75. The number of hydrogen-bond donors (Lipinski definition) is 2. The molecule has 1 aliphatic heterocycles. The van der Waals surface area contributed by atoms with Crippen molar-refractivity contribution in [2.45, 2.75) is 13.8 Å². The first-order valence-corrected chi connectivity index (χ1v) is 12.8. The molecule has 4 amide bonds. The molecule has 2 N–H and O–H groups in total. The van der Waals surface area contributed by atoms with E-state index in [1.807, 2.05) is 32.0 Å². The van der Waals surface area contributed by atoms with Crippen molar-refractivity contribution >= 4 is 52.2 Å². The van der Waals surface area contributed by atoms with Crippen LogP contribution in [-0.2, 0) is 14.4 Å². The van der Waals surface area contributed by atoms with E-state index in [1.165, 1.54) is 7.11 Å². The number of carbonyl (C=O) groups is 4. The van der Waals surface area contributed by atoms with Gasteiger partial charge in [0.05, 0.1) is 12.0 Å². The predicted octanol–water partition coefficient (Wildman–Crippen LogP) is 5.00. The molecule has 200 valence electrons. The average molecular weight is 546 g/mol. The minimum atomic E-state index is -0.561. The lowest BCUT2D eigenvalue weighted by atomic mass is 10.1. The van der Waals surface area contributed by atoms with E-state index in [1.54, 1.807) is 54.6 Å². The molecule has 0 radical (unpaired) electrons. The van der Waals surface area contributed by atoms with Gasteiger partial charge in [0.1, 0.15) is 18.0 Å². The van der Waals surface area contributed by atoms with Crippen molar-refractivity contribution in [3.63, 3.8) is 0 Å². The fourth-order valence-electron chi connectivity index (χ4n) is 3.67. The van der Waals surface area contributed by atoms with Gasteiger partial charge in [0.25, 0.3) is 17.1 Å². The van der Waals surface area contributed by atoms with Gasteiger partial charge in [0.15, 0.2) is 6.61 Å². The van der Waals surface area contributed by atoms with Crippen molar-refractivity contribution in [2.24, 2.45) is 0 Å². The summed E-state index contributed by atoms with van der Waals surface area (Å²) in [6, 6.07) is 19.2. The Balaban J connectivity index is 1.34. The molecule has 0 aliphatic carbocycles. The molecular weight excluding hydrogens is 518 g/mol. The zero-order chi connectivity index (χ0) is 27.9. The lowest BCUT2D eigenvalue weighted by Crippen LogP contribution is -2.36. The number of benzene rings is 3. The monoisotopic (exact) mass is 545 g/mol. The van der Waals surface area contributed by atoms with Crippen LogP contribution in [0.15, 0.2) is 71.6 Å².